The third-order valence-corrected chi connectivity index (χ3v) is 2.37. The zero-order chi connectivity index (χ0) is 12.3. The summed E-state index contributed by atoms with van der Waals surface area (Å²) in [5.74, 6) is 0.594. The molecule has 1 N–H and O–H groups in total. The molecule has 2 aromatic rings. The molecule has 84 valence electrons. The van der Waals surface area contributed by atoms with Gasteiger partial charge < -0.3 is 4.74 Å². The first-order valence-corrected chi connectivity index (χ1v) is 4.89. The molecule has 0 spiro atoms. The molecule has 0 unspecified atom stereocenters. The van der Waals surface area contributed by atoms with E-state index in [1.165, 1.54) is 13.3 Å². The maximum Gasteiger partial charge on any atom is 0.282 e. The van der Waals surface area contributed by atoms with E-state index in [4.69, 9.17) is 10.00 Å². The number of hydrogen-bond donors (Lipinski definition) is 1. The number of rotatable bonds is 2. The highest BCUT2D eigenvalue weighted by Gasteiger charge is 2.12. The van der Waals surface area contributed by atoms with Gasteiger partial charge in [-0.05, 0) is 6.07 Å². The van der Waals surface area contributed by atoms with Crippen molar-refractivity contribution in [3.63, 3.8) is 0 Å². The normalized spacial score (nSPS) is 9.65. The molecule has 17 heavy (non-hydrogen) atoms. The van der Waals surface area contributed by atoms with E-state index in [9.17, 15) is 4.79 Å². The van der Waals surface area contributed by atoms with Gasteiger partial charge in [0.2, 0.25) is 0 Å². The average molecular weight is 227 g/mol. The Kier molecular flexibility index (Phi) is 2.88. The van der Waals surface area contributed by atoms with Crippen LogP contribution in [0.25, 0.3) is 11.1 Å². The van der Waals surface area contributed by atoms with Crippen LogP contribution in [0.3, 0.4) is 0 Å². The number of nitrogens with one attached hydrogen (secondary N) is 1. The summed E-state index contributed by atoms with van der Waals surface area (Å²) in [6.07, 6.45) is 1.44. The molecule has 0 amide bonds. The molecule has 2 rings (SSSR count). The highest BCUT2D eigenvalue weighted by molar-refractivity contribution is 5.74. The standard InChI is InChI=1S/C12H9N3O2/c1-17-11-5-3-2-4-8(11)10-7-14-15-12(16)9(10)6-13/h2-5,7H,1H3,(H,15,16). The maximum absolute atomic E-state index is 11.5. The van der Waals surface area contributed by atoms with Gasteiger partial charge in [-0.3, -0.25) is 4.79 Å². The lowest BCUT2D eigenvalue weighted by atomic mass is 10.0. The third kappa shape index (κ3) is 1.88. The number of nitrogens with zero attached hydrogens (tertiary/aromatic N) is 2. The Morgan fingerprint density at radius 3 is 2.82 bits per heavy atom. The summed E-state index contributed by atoms with van der Waals surface area (Å²) >= 11 is 0. The van der Waals surface area contributed by atoms with Gasteiger partial charge in [0, 0.05) is 11.1 Å². The van der Waals surface area contributed by atoms with Crippen LogP contribution in [0.15, 0.2) is 35.3 Å². The Balaban J connectivity index is 2.74. The SMILES string of the molecule is COc1ccccc1-c1cn[nH]c(=O)c1C#N. The van der Waals surface area contributed by atoms with E-state index >= 15 is 0 Å². The molecule has 0 radical (unpaired) electrons. The van der Waals surface area contributed by atoms with E-state index in [0.717, 1.165) is 0 Å². The molecule has 0 atom stereocenters. The van der Waals surface area contributed by atoms with E-state index < -0.39 is 5.56 Å². The minimum Gasteiger partial charge on any atom is -0.496 e. The summed E-state index contributed by atoms with van der Waals surface area (Å²) < 4.78 is 5.19. The van der Waals surface area contributed by atoms with Crippen molar-refractivity contribution in [3.8, 4) is 22.9 Å². The van der Waals surface area contributed by atoms with Gasteiger partial charge in [0.15, 0.2) is 0 Å². The van der Waals surface area contributed by atoms with Gasteiger partial charge >= 0.3 is 0 Å². The highest BCUT2D eigenvalue weighted by atomic mass is 16.5. The van der Waals surface area contributed by atoms with Crippen molar-refractivity contribution in [3.05, 3.63) is 46.4 Å². The maximum atomic E-state index is 11.5. The van der Waals surface area contributed by atoms with Gasteiger partial charge in [-0.2, -0.15) is 10.4 Å². The van der Waals surface area contributed by atoms with Crippen LogP contribution in [-0.4, -0.2) is 17.3 Å². The molecule has 1 heterocycles. The van der Waals surface area contributed by atoms with E-state index in [-0.39, 0.29) is 5.56 Å². The molecule has 0 fully saturated rings. The molecule has 0 saturated carbocycles. The van der Waals surface area contributed by atoms with E-state index in [1.807, 2.05) is 12.1 Å². The van der Waals surface area contributed by atoms with Gasteiger partial charge in [0.1, 0.15) is 17.4 Å². The number of hydrogen-bond acceptors (Lipinski definition) is 4. The van der Waals surface area contributed by atoms with Crippen LogP contribution in [0.5, 0.6) is 5.75 Å². The molecule has 0 aliphatic heterocycles. The average Bonchev–Trinajstić information content (AvgIpc) is 2.38. The summed E-state index contributed by atoms with van der Waals surface area (Å²) in [5, 5.41) is 14.9. The molecule has 0 aliphatic carbocycles. The van der Waals surface area contributed by atoms with Crippen molar-refractivity contribution in [1.29, 1.82) is 5.26 Å². The summed E-state index contributed by atoms with van der Waals surface area (Å²) in [7, 11) is 1.53. The van der Waals surface area contributed by atoms with Crippen molar-refractivity contribution < 1.29 is 4.74 Å². The number of para-hydroxylation sites is 1. The van der Waals surface area contributed by atoms with Crippen molar-refractivity contribution >= 4 is 0 Å². The molecule has 1 aromatic carbocycles. The molecule has 1 aromatic heterocycles. The number of aromatic nitrogens is 2. The van der Waals surface area contributed by atoms with E-state index in [0.29, 0.717) is 16.9 Å². The topological polar surface area (TPSA) is 78.8 Å². The molecule has 0 bridgehead atoms. The van der Waals surface area contributed by atoms with Gasteiger partial charge in [0.25, 0.3) is 5.56 Å². The lowest BCUT2D eigenvalue weighted by molar-refractivity contribution is 0.416. The van der Waals surface area contributed by atoms with Gasteiger partial charge in [-0.1, -0.05) is 18.2 Å². The van der Waals surface area contributed by atoms with Crippen LogP contribution < -0.4 is 10.3 Å². The number of aromatic amines is 1. The molecule has 5 nitrogen and oxygen atoms in total. The van der Waals surface area contributed by atoms with Crippen LogP contribution in [0.2, 0.25) is 0 Å². The largest absolute Gasteiger partial charge is 0.496 e. The van der Waals surface area contributed by atoms with Crippen molar-refractivity contribution in [2.24, 2.45) is 0 Å². The van der Waals surface area contributed by atoms with Crippen molar-refractivity contribution in [2.75, 3.05) is 7.11 Å². The molecular formula is C12H9N3O2. The zero-order valence-corrected chi connectivity index (χ0v) is 9.10. The van der Waals surface area contributed by atoms with E-state index in [1.54, 1.807) is 18.2 Å². The van der Waals surface area contributed by atoms with Gasteiger partial charge in [0.05, 0.1) is 13.3 Å². The molecule has 0 aliphatic rings. The minimum absolute atomic E-state index is 0.0319. The molecule has 5 heteroatoms. The fourth-order valence-electron chi connectivity index (χ4n) is 1.58. The summed E-state index contributed by atoms with van der Waals surface area (Å²) in [5.41, 5.74) is 0.666. The van der Waals surface area contributed by atoms with Crippen LogP contribution >= 0.6 is 0 Å². The van der Waals surface area contributed by atoms with Crippen molar-refractivity contribution in [1.82, 2.24) is 10.2 Å². The first kappa shape index (κ1) is 10.9. The number of methoxy groups -OCH3 is 1. The number of ether oxygens (including phenoxy) is 1. The Labute approximate surface area is 97.3 Å². The number of H-pyrrole nitrogens is 1. The van der Waals surface area contributed by atoms with Gasteiger partial charge in [-0.15, -0.1) is 0 Å². The Hall–Kier alpha value is -2.61. The second kappa shape index (κ2) is 4.49. The van der Waals surface area contributed by atoms with Crippen molar-refractivity contribution in [2.45, 2.75) is 0 Å². The highest BCUT2D eigenvalue weighted by Crippen LogP contribution is 2.29. The lowest BCUT2D eigenvalue weighted by Gasteiger charge is -2.08. The first-order chi connectivity index (χ1) is 8.27. The molecular weight excluding hydrogens is 218 g/mol. The summed E-state index contributed by atoms with van der Waals surface area (Å²) in [6.45, 7) is 0. The minimum atomic E-state index is -0.504. The summed E-state index contributed by atoms with van der Waals surface area (Å²) in [4.78, 5) is 11.5. The number of nitriles is 1. The fraction of sp³-hybridized carbons (Fsp3) is 0.0833. The van der Waals surface area contributed by atoms with E-state index in [2.05, 4.69) is 10.2 Å². The third-order valence-electron chi connectivity index (χ3n) is 2.37. The Bertz CT molecular complexity index is 641. The molecule has 0 saturated heterocycles. The van der Waals surface area contributed by atoms with Crippen LogP contribution in [0, 0.1) is 11.3 Å². The second-order valence-corrected chi connectivity index (χ2v) is 3.30. The van der Waals surface area contributed by atoms with Gasteiger partial charge in [-0.25, -0.2) is 5.10 Å². The van der Waals surface area contributed by atoms with Crippen LogP contribution in [0.1, 0.15) is 5.56 Å². The zero-order valence-electron chi connectivity index (χ0n) is 9.10. The summed E-state index contributed by atoms with van der Waals surface area (Å²) in [6, 6.07) is 9.03. The second-order valence-electron chi connectivity index (χ2n) is 3.30. The van der Waals surface area contributed by atoms with Crippen LogP contribution in [0.4, 0.5) is 0 Å². The predicted molar refractivity (Wildman–Crippen MR) is 61.6 cm³/mol. The Morgan fingerprint density at radius 2 is 2.12 bits per heavy atom. The monoisotopic (exact) mass is 227 g/mol. The fourth-order valence-corrected chi connectivity index (χ4v) is 1.58. The Morgan fingerprint density at radius 1 is 1.35 bits per heavy atom. The number of benzene rings is 1. The quantitative estimate of drug-likeness (QED) is 0.839. The smallest absolute Gasteiger partial charge is 0.282 e. The predicted octanol–water partition coefficient (Wildman–Crippen LogP) is 1.32. The lowest BCUT2D eigenvalue weighted by Crippen LogP contribution is -2.12. The van der Waals surface area contributed by atoms with Crippen LogP contribution in [-0.2, 0) is 0 Å². The first-order valence-electron chi connectivity index (χ1n) is 4.89.